The van der Waals surface area contributed by atoms with Gasteiger partial charge in [-0.3, -0.25) is 4.79 Å². The van der Waals surface area contributed by atoms with Crippen LogP contribution in [-0.4, -0.2) is 21.7 Å². The second-order valence-electron chi connectivity index (χ2n) is 6.22. The fraction of sp³-hybridized carbons (Fsp3) is 0.933. The molecule has 1 aliphatic heterocycles. The van der Waals surface area contributed by atoms with Crippen LogP contribution in [0.25, 0.3) is 0 Å². The monoisotopic (exact) mass is 286 g/mol. The van der Waals surface area contributed by atoms with Gasteiger partial charge >= 0.3 is 0 Å². The molecule has 1 nitrogen and oxygen atoms in total. The Bertz CT molecular complexity index is 332. The van der Waals surface area contributed by atoms with Crippen molar-refractivity contribution in [3.8, 4) is 0 Å². The standard InChI is InChI=1S/C15H23ClOS/c1-2-9-7-8-11(16)13-14(17)10-5-3-4-6-12(10)18-15(9)13/h9-13,15H,2-8H2,1H3. The Balaban J connectivity index is 1.85. The number of carbonyl (C=O) groups is 1. The maximum absolute atomic E-state index is 12.8. The van der Waals surface area contributed by atoms with Gasteiger partial charge in [0.25, 0.3) is 0 Å². The maximum atomic E-state index is 12.8. The molecule has 3 aliphatic rings. The SMILES string of the molecule is CCC1CCC(Cl)C2C(=O)C3CCCCC3SC12. The summed E-state index contributed by atoms with van der Waals surface area (Å²) in [6, 6.07) is 0. The number of hydrogen-bond acceptors (Lipinski definition) is 2. The lowest BCUT2D eigenvalue weighted by molar-refractivity contribution is -0.129. The Kier molecular flexibility index (Phi) is 3.96. The van der Waals surface area contributed by atoms with Gasteiger partial charge < -0.3 is 0 Å². The van der Waals surface area contributed by atoms with Gasteiger partial charge in [0.2, 0.25) is 0 Å². The number of thioether (sulfide) groups is 1. The van der Waals surface area contributed by atoms with E-state index in [9.17, 15) is 4.79 Å². The first-order valence-corrected chi connectivity index (χ1v) is 8.93. The van der Waals surface area contributed by atoms with E-state index in [1.165, 1.54) is 32.1 Å². The van der Waals surface area contributed by atoms with E-state index in [-0.39, 0.29) is 11.3 Å². The molecule has 0 radical (unpaired) electrons. The molecule has 1 saturated heterocycles. The lowest BCUT2D eigenvalue weighted by Crippen LogP contribution is -2.52. The molecule has 1 heterocycles. The number of hydrogen-bond donors (Lipinski definition) is 0. The second kappa shape index (κ2) is 5.36. The van der Waals surface area contributed by atoms with E-state index >= 15 is 0 Å². The normalized spacial score (nSPS) is 48.4. The van der Waals surface area contributed by atoms with Crippen molar-refractivity contribution in [3.63, 3.8) is 0 Å². The number of carbonyl (C=O) groups excluding carboxylic acids is 1. The fourth-order valence-electron chi connectivity index (χ4n) is 4.22. The first kappa shape index (κ1) is 13.3. The number of fused-ring (bicyclic) bond motifs is 2. The Morgan fingerprint density at radius 1 is 1.22 bits per heavy atom. The third kappa shape index (κ3) is 2.14. The number of Topliss-reactive ketones (excluding diaryl/α,β-unsaturated/α-hetero) is 1. The van der Waals surface area contributed by atoms with Gasteiger partial charge in [0.15, 0.2) is 0 Å². The highest BCUT2D eigenvalue weighted by atomic mass is 35.5. The molecule has 2 saturated carbocycles. The molecule has 6 atom stereocenters. The van der Waals surface area contributed by atoms with Crippen LogP contribution in [-0.2, 0) is 4.79 Å². The molecule has 3 fully saturated rings. The summed E-state index contributed by atoms with van der Waals surface area (Å²) in [5, 5.41) is 1.25. The lowest BCUT2D eigenvalue weighted by Gasteiger charge is -2.48. The summed E-state index contributed by atoms with van der Waals surface area (Å²) < 4.78 is 0. The zero-order valence-corrected chi connectivity index (χ0v) is 12.7. The summed E-state index contributed by atoms with van der Waals surface area (Å²) in [6.07, 6.45) is 8.43. The minimum atomic E-state index is 0.112. The molecular weight excluding hydrogens is 264 g/mol. The highest BCUT2D eigenvalue weighted by molar-refractivity contribution is 8.00. The summed E-state index contributed by atoms with van der Waals surface area (Å²) in [5.41, 5.74) is 0. The van der Waals surface area contributed by atoms with E-state index < -0.39 is 0 Å². The van der Waals surface area contributed by atoms with Gasteiger partial charge in [0, 0.05) is 27.7 Å². The van der Waals surface area contributed by atoms with Crippen LogP contribution in [0.3, 0.4) is 0 Å². The van der Waals surface area contributed by atoms with Crippen LogP contribution in [0, 0.1) is 17.8 Å². The van der Waals surface area contributed by atoms with E-state index in [4.69, 9.17) is 11.6 Å². The molecule has 0 bridgehead atoms. The van der Waals surface area contributed by atoms with Crippen molar-refractivity contribution < 1.29 is 4.79 Å². The van der Waals surface area contributed by atoms with Gasteiger partial charge in [-0.1, -0.05) is 26.2 Å². The molecule has 18 heavy (non-hydrogen) atoms. The van der Waals surface area contributed by atoms with Crippen LogP contribution < -0.4 is 0 Å². The van der Waals surface area contributed by atoms with E-state index in [2.05, 4.69) is 18.7 Å². The quantitative estimate of drug-likeness (QED) is 0.670. The predicted molar refractivity (Wildman–Crippen MR) is 78.3 cm³/mol. The Morgan fingerprint density at radius 3 is 2.78 bits per heavy atom. The van der Waals surface area contributed by atoms with Crippen LogP contribution in [0.5, 0.6) is 0 Å². The van der Waals surface area contributed by atoms with Crippen molar-refractivity contribution in [2.24, 2.45) is 17.8 Å². The van der Waals surface area contributed by atoms with Gasteiger partial charge in [0.05, 0.1) is 0 Å². The van der Waals surface area contributed by atoms with Crippen molar-refractivity contribution in [3.05, 3.63) is 0 Å². The molecule has 0 aromatic heterocycles. The zero-order valence-electron chi connectivity index (χ0n) is 11.1. The third-order valence-electron chi connectivity index (χ3n) is 5.27. The van der Waals surface area contributed by atoms with Crippen LogP contribution in [0.4, 0.5) is 0 Å². The van der Waals surface area contributed by atoms with Gasteiger partial charge in [-0.05, 0) is 31.6 Å². The van der Waals surface area contributed by atoms with Crippen molar-refractivity contribution >= 4 is 29.1 Å². The van der Waals surface area contributed by atoms with E-state index in [1.807, 2.05) is 0 Å². The minimum Gasteiger partial charge on any atom is -0.299 e. The Morgan fingerprint density at radius 2 is 2.00 bits per heavy atom. The molecule has 2 aliphatic carbocycles. The van der Waals surface area contributed by atoms with Gasteiger partial charge in [-0.25, -0.2) is 0 Å². The molecule has 0 aromatic rings. The lowest BCUT2D eigenvalue weighted by atomic mass is 9.71. The zero-order chi connectivity index (χ0) is 12.7. The fourth-order valence-corrected chi connectivity index (χ4v) is 6.93. The second-order valence-corrected chi connectivity index (χ2v) is 8.20. The number of ketones is 1. The van der Waals surface area contributed by atoms with Crippen molar-refractivity contribution in [2.45, 2.75) is 67.7 Å². The molecule has 0 spiro atoms. The van der Waals surface area contributed by atoms with E-state index in [1.54, 1.807) is 0 Å². The van der Waals surface area contributed by atoms with E-state index in [0.29, 0.717) is 22.2 Å². The van der Waals surface area contributed by atoms with Crippen LogP contribution >= 0.6 is 23.4 Å². The topological polar surface area (TPSA) is 17.1 Å². The van der Waals surface area contributed by atoms with E-state index in [0.717, 1.165) is 18.8 Å². The maximum Gasteiger partial charge on any atom is 0.142 e. The largest absolute Gasteiger partial charge is 0.299 e. The van der Waals surface area contributed by atoms with Gasteiger partial charge in [-0.2, -0.15) is 11.8 Å². The summed E-state index contributed by atoms with van der Waals surface area (Å²) in [7, 11) is 0. The molecular formula is C15H23ClOS. The van der Waals surface area contributed by atoms with Crippen LogP contribution in [0.15, 0.2) is 0 Å². The highest BCUT2D eigenvalue weighted by Gasteiger charge is 2.51. The molecule has 6 unspecified atom stereocenters. The average molecular weight is 287 g/mol. The Labute approximate surface area is 119 Å². The summed E-state index contributed by atoms with van der Waals surface area (Å²) >= 11 is 8.64. The molecule has 3 heteroatoms. The summed E-state index contributed by atoms with van der Waals surface area (Å²) in [5.74, 6) is 1.75. The smallest absolute Gasteiger partial charge is 0.142 e. The number of alkyl halides is 1. The molecule has 3 rings (SSSR count). The summed E-state index contributed by atoms with van der Waals surface area (Å²) in [6.45, 7) is 2.27. The average Bonchev–Trinajstić information content (AvgIpc) is 2.39. The molecule has 102 valence electrons. The molecule has 0 amide bonds. The number of halogens is 1. The van der Waals surface area contributed by atoms with Crippen molar-refractivity contribution in [2.75, 3.05) is 0 Å². The minimum absolute atomic E-state index is 0.112. The van der Waals surface area contributed by atoms with Gasteiger partial charge in [-0.15, -0.1) is 11.6 Å². The molecule has 0 N–H and O–H groups in total. The first-order chi connectivity index (χ1) is 8.72. The van der Waals surface area contributed by atoms with Gasteiger partial charge in [0.1, 0.15) is 5.78 Å². The van der Waals surface area contributed by atoms with Crippen LogP contribution in [0.2, 0.25) is 0 Å². The van der Waals surface area contributed by atoms with Crippen molar-refractivity contribution in [1.29, 1.82) is 0 Å². The highest BCUT2D eigenvalue weighted by Crippen LogP contribution is 2.52. The summed E-state index contributed by atoms with van der Waals surface area (Å²) in [4.78, 5) is 12.8. The molecule has 0 aromatic carbocycles. The third-order valence-corrected chi connectivity index (χ3v) is 7.67. The first-order valence-electron chi connectivity index (χ1n) is 7.55. The predicted octanol–water partition coefficient (Wildman–Crippen LogP) is 4.27. The number of rotatable bonds is 1. The Hall–Kier alpha value is 0.310. The van der Waals surface area contributed by atoms with Crippen molar-refractivity contribution in [1.82, 2.24) is 0 Å². The van der Waals surface area contributed by atoms with Crippen LogP contribution in [0.1, 0.15) is 51.9 Å².